The van der Waals surface area contributed by atoms with Gasteiger partial charge in [0.05, 0.1) is 28.7 Å². The summed E-state index contributed by atoms with van der Waals surface area (Å²) in [4.78, 5) is 11.6. The molecule has 0 saturated heterocycles. The lowest BCUT2D eigenvalue weighted by Gasteiger charge is -2.28. The summed E-state index contributed by atoms with van der Waals surface area (Å²) in [6.45, 7) is 3.52. The second kappa shape index (κ2) is 13.6. The number of fused-ring (bicyclic) bond motifs is 1. The average Bonchev–Trinajstić information content (AvgIpc) is 3.44. The van der Waals surface area contributed by atoms with E-state index < -0.39 is 33.5 Å². The predicted octanol–water partition coefficient (Wildman–Crippen LogP) is 3.45. The van der Waals surface area contributed by atoms with Crippen LogP contribution in [-0.4, -0.2) is 55.6 Å². The third-order valence-corrected chi connectivity index (χ3v) is 9.12. The number of benzene rings is 3. The largest absolute Gasteiger partial charge is 0.489 e. The van der Waals surface area contributed by atoms with Gasteiger partial charge in [-0.15, -0.1) is 0 Å². The van der Waals surface area contributed by atoms with Gasteiger partial charge >= 0.3 is 6.09 Å². The molecule has 0 bridgehead atoms. The Hall–Kier alpha value is -4.31. The molecule has 1 aliphatic heterocycles. The molecule has 4 rings (SSSR count). The van der Waals surface area contributed by atoms with Gasteiger partial charge in [0.25, 0.3) is 0 Å². The summed E-state index contributed by atoms with van der Waals surface area (Å²) in [7, 11) is -3.89. The minimum absolute atomic E-state index is 0.0153. The molecule has 11 nitrogen and oxygen atoms in total. The Morgan fingerprint density at radius 1 is 1.07 bits per heavy atom. The first-order valence-corrected chi connectivity index (χ1v) is 14.9. The SMILES string of the molecule is CC(C)C(NC[C@@H](O)[C@H](Cc1ccc(OCc2ccccc2C#N)cc1)NC(=O)O)S(=O)(=O)c1ccc2c(c1)OCO2. The lowest BCUT2D eigenvalue weighted by atomic mass is 10.0. The Morgan fingerprint density at radius 2 is 1.79 bits per heavy atom. The van der Waals surface area contributed by atoms with Gasteiger partial charge in [0.1, 0.15) is 17.7 Å². The zero-order chi connectivity index (χ0) is 30.3. The molecule has 12 heteroatoms. The number of nitrogens with one attached hydrogen (secondary N) is 2. The Balaban J connectivity index is 1.40. The van der Waals surface area contributed by atoms with E-state index in [1.807, 2.05) is 12.1 Å². The summed E-state index contributed by atoms with van der Waals surface area (Å²) >= 11 is 0. The Bertz CT molecular complexity index is 1540. The van der Waals surface area contributed by atoms with Gasteiger partial charge in [-0.05, 0) is 48.2 Å². The number of aliphatic hydroxyl groups is 1. The molecule has 3 aromatic carbocycles. The van der Waals surface area contributed by atoms with E-state index in [-0.39, 0.29) is 37.2 Å². The third-order valence-electron chi connectivity index (χ3n) is 6.82. The van der Waals surface area contributed by atoms with Crippen LogP contribution in [-0.2, 0) is 22.9 Å². The molecule has 0 aromatic heterocycles. The van der Waals surface area contributed by atoms with Gasteiger partial charge in [-0.3, -0.25) is 5.32 Å². The number of sulfone groups is 1. The monoisotopic (exact) mass is 595 g/mol. The van der Waals surface area contributed by atoms with Gasteiger partial charge in [0.2, 0.25) is 6.79 Å². The molecule has 0 fully saturated rings. The fourth-order valence-corrected chi connectivity index (χ4v) is 6.47. The minimum Gasteiger partial charge on any atom is -0.489 e. The molecule has 42 heavy (non-hydrogen) atoms. The number of nitrogens with zero attached hydrogens (tertiary/aromatic N) is 1. The van der Waals surface area contributed by atoms with Crippen molar-refractivity contribution in [2.24, 2.45) is 5.92 Å². The highest BCUT2D eigenvalue weighted by molar-refractivity contribution is 7.92. The number of amides is 1. The van der Waals surface area contributed by atoms with E-state index in [4.69, 9.17) is 14.2 Å². The van der Waals surface area contributed by atoms with Gasteiger partial charge in [-0.1, -0.05) is 44.2 Å². The molecule has 3 atom stereocenters. The number of nitriles is 1. The quantitative estimate of drug-likeness (QED) is 0.230. The fourth-order valence-electron chi connectivity index (χ4n) is 4.62. The van der Waals surface area contributed by atoms with Crippen molar-refractivity contribution in [2.75, 3.05) is 13.3 Å². The number of carbonyl (C=O) groups is 1. The van der Waals surface area contributed by atoms with Crippen molar-refractivity contribution in [2.45, 2.75) is 49.3 Å². The van der Waals surface area contributed by atoms with Gasteiger partial charge in [0.15, 0.2) is 21.3 Å². The van der Waals surface area contributed by atoms with Crippen molar-refractivity contribution in [1.82, 2.24) is 10.6 Å². The number of carboxylic acid groups (broad SMARTS) is 1. The smallest absolute Gasteiger partial charge is 0.404 e. The van der Waals surface area contributed by atoms with E-state index in [2.05, 4.69) is 16.7 Å². The molecule has 1 amide bonds. The summed E-state index contributed by atoms with van der Waals surface area (Å²) in [5.41, 5.74) is 2.01. The maximum Gasteiger partial charge on any atom is 0.404 e. The molecule has 1 heterocycles. The summed E-state index contributed by atoms with van der Waals surface area (Å²) in [5.74, 6) is 0.994. The van der Waals surface area contributed by atoms with Crippen LogP contribution in [0.2, 0.25) is 0 Å². The number of rotatable bonds is 13. The molecule has 222 valence electrons. The minimum atomic E-state index is -3.89. The van der Waals surface area contributed by atoms with Crippen molar-refractivity contribution in [3.63, 3.8) is 0 Å². The lowest BCUT2D eigenvalue weighted by Crippen LogP contribution is -2.51. The molecule has 4 N–H and O–H groups in total. The van der Waals surface area contributed by atoms with Crippen LogP contribution in [0.25, 0.3) is 0 Å². The first kappa shape index (κ1) is 30.6. The number of hydrogen-bond donors (Lipinski definition) is 4. The first-order chi connectivity index (χ1) is 20.1. The predicted molar refractivity (Wildman–Crippen MR) is 153 cm³/mol. The Morgan fingerprint density at radius 3 is 2.48 bits per heavy atom. The molecular weight excluding hydrogens is 562 g/mol. The van der Waals surface area contributed by atoms with Gasteiger partial charge in [0, 0.05) is 18.2 Å². The Kier molecular flexibility index (Phi) is 9.90. The van der Waals surface area contributed by atoms with Crippen LogP contribution in [0.4, 0.5) is 4.79 Å². The lowest BCUT2D eigenvalue weighted by molar-refractivity contribution is 0.116. The summed E-state index contributed by atoms with van der Waals surface area (Å²) in [5, 5.41) is 33.8. The van der Waals surface area contributed by atoms with E-state index in [0.29, 0.717) is 22.8 Å². The van der Waals surface area contributed by atoms with Crippen LogP contribution >= 0.6 is 0 Å². The zero-order valence-corrected chi connectivity index (χ0v) is 24.0. The van der Waals surface area contributed by atoms with Gasteiger partial charge < -0.3 is 29.7 Å². The highest BCUT2D eigenvalue weighted by Crippen LogP contribution is 2.35. The van der Waals surface area contributed by atoms with E-state index in [9.17, 15) is 28.7 Å². The van der Waals surface area contributed by atoms with E-state index in [1.54, 1.807) is 50.2 Å². The van der Waals surface area contributed by atoms with Crippen LogP contribution in [0.15, 0.2) is 71.6 Å². The first-order valence-electron chi connectivity index (χ1n) is 13.3. The van der Waals surface area contributed by atoms with E-state index in [0.717, 1.165) is 11.1 Å². The standard InChI is InChI=1S/C30H33N3O8S/c1-19(2)29(42(37,38)24-11-12-27-28(14-24)41-18-40-27)32-16-26(34)25(33-30(35)36)13-20-7-9-23(10-8-20)39-17-22-6-4-3-5-21(22)15-31/h3-12,14,19,25-26,29,32-34H,13,16-18H2,1-2H3,(H,35,36)/t25-,26+,29?/m0/s1. The topological polar surface area (TPSA) is 167 Å². The highest BCUT2D eigenvalue weighted by atomic mass is 32.2. The highest BCUT2D eigenvalue weighted by Gasteiger charge is 2.33. The van der Waals surface area contributed by atoms with Gasteiger partial charge in [-0.25, -0.2) is 13.2 Å². The number of ether oxygens (including phenoxy) is 3. The summed E-state index contributed by atoms with van der Waals surface area (Å²) < 4.78 is 43.3. The van der Waals surface area contributed by atoms with Crippen molar-refractivity contribution in [1.29, 1.82) is 5.26 Å². The van der Waals surface area contributed by atoms with Crippen LogP contribution in [0.5, 0.6) is 17.2 Å². The van der Waals surface area contributed by atoms with Crippen molar-refractivity contribution in [3.8, 4) is 23.3 Å². The molecule has 0 saturated carbocycles. The zero-order valence-electron chi connectivity index (χ0n) is 23.2. The normalized spacial score (nSPS) is 14.5. The molecule has 1 aliphatic rings. The van der Waals surface area contributed by atoms with E-state index in [1.165, 1.54) is 18.2 Å². The Labute approximate surface area is 244 Å². The van der Waals surface area contributed by atoms with Crippen molar-refractivity contribution < 1.29 is 37.6 Å². The van der Waals surface area contributed by atoms with E-state index >= 15 is 0 Å². The van der Waals surface area contributed by atoms with Crippen LogP contribution in [0.1, 0.15) is 30.5 Å². The van der Waals surface area contributed by atoms with Gasteiger partial charge in [-0.2, -0.15) is 5.26 Å². The van der Waals surface area contributed by atoms with Crippen LogP contribution in [0, 0.1) is 17.2 Å². The molecule has 1 unspecified atom stereocenters. The second-order valence-electron chi connectivity index (χ2n) is 10.2. The maximum atomic E-state index is 13.5. The maximum absolute atomic E-state index is 13.5. The van der Waals surface area contributed by atoms with Crippen molar-refractivity contribution >= 4 is 15.9 Å². The second-order valence-corrected chi connectivity index (χ2v) is 12.2. The third kappa shape index (κ3) is 7.50. The molecule has 0 spiro atoms. The molecule has 3 aromatic rings. The fraction of sp³-hybridized carbons (Fsp3) is 0.333. The van der Waals surface area contributed by atoms with Crippen molar-refractivity contribution in [3.05, 3.63) is 83.4 Å². The average molecular weight is 596 g/mol. The molecular formula is C30H33N3O8S. The molecule has 0 aliphatic carbocycles. The molecule has 0 radical (unpaired) electrons. The van der Waals surface area contributed by atoms with Crippen LogP contribution < -0.4 is 24.8 Å². The van der Waals surface area contributed by atoms with Crippen LogP contribution in [0.3, 0.4) is 0 Å². The number of hydrogen-bond acceptors (Lipinski definition) is 9. The summed E-state index contributed by atoms with van der Waals surface area (Å²) in [6.07, 6.45) is -2.41. The number of aliphatic hydroxyl groups excluding tert-OH is 1. The summed E-state index contributed by atoms with van der Waals surface area (Å²) in [6, 6.07) is 19.7.